The Morgan fingerprint density at radius 2 is 1.39 bits per heavy atom. The number of rotatable bonds is 12. The summed E-state index contributed by atoms with van der Waals surface area (Å²) >= 11 is 0. The molecule has 2 nitrogen and oxygen atoms in total. The fraction of sp³-hybridized carbons (Fsp3) is 0.938. The third kappa shape index (κ3) is 9.49. The third-order valence-electron chi connectivity index (χ3n) is 3.69. The second-order valence-corrected chi connectivity index (χ2v) is 5.37. The zero-order valence-electron chi connectivity index (χ0n) is 13.1. The van der Waals surface area contributed by atoms with E-state index in [-0.39, 0.29) is 0 Å². The first-order valence-corrected chi connectivity index (χ1v) is 7.97. The van der Waals surface area contributed by atoms with E-state index in [0.29, 0.717) is 5.92 Å². The third-order valence-corrected chi connectivity index (χ3v) is 3.69. The molecular weight excluding hydrogens is 220 g/mol. The minimum atomic E-state index is 0.700. The minimum absolute atomic E-state index is 0.700. The number of hydrogen-bond acceptors (Lipinski definition) is 2. The van der Waals surface area contributed by atoms with Gasteiger partial charge in [-0.05, 0) is 25.7 Å². The Labute approximate surface area is 115 Å². The molecule has 0 saturated carbocycles. The number of nitrogens with one attached hydrogen (secondary N) is 1. The number of hydrazone groups is 1. The van der Waals surface area contributed by atoms with Crippen molar-refractivity contribution in [1.29, 1.82) is 0 Å². The van der Waals surface area contributed by atoms with E-state index in [2.05, 4.69) is 31.3 Å². The first kappa shape index (κ1) is 17.5. The van der Waals surface area contributed by atoms with E-state index >= 15 is 0 Å². The topological polar surface area (TPSA) is 24.4 Å². The Morgan fingerprint density at radius 1 is 0.889 bits per heavy atom. The maximum atomic E-state index is 4.39. The van der Waals surface area contributed by atoms with Crippen LogP contribution >= 0.6 is 0 Å². The number of hydrogen-bond donors (Lipinski definition) is 1. The van der Waals surface area contributed by atoms with Crippen molar-refractivity contribution in [3.05, 3.63) is 0 Å². The normalized spacial score (nSPS) is 12.2. The highest BCUT2D eigenvalue weighted by molar-refractivity contribution is 5.84. The van der Waals surface area contributed by atoms with Crippen molar-refractivity contribution >= 4 is 5.71 Å². The van der Waals surface area contributed by atoms with Crippen LogP contribution in [0.5, 0.6) is 0 Å². The van der Waals surface area contributed by atoms with Crippen molar-refractivity contribution in [1.82, 2.24) is 5.43 Å². The smallest absolute Gasteiger partial charge is 0.0378 e. The lowest BCUT2D eigenvalue weighted by Gasteiger charge is -2.16. The predicted molar refractivity (Wildman–Crippen MR) is 83.2 cm³/mol. The number of unbranched alkanes of at least 4 members (excludes halogenated alkanes) is 6. The van der Waals surface area contributed by atoms with Gasteiger partial charge in [0.25, 0.3) is 0 Å². The van der Waals surface area contributed by atoms with Crippen molar-refractivity contribution in [2.75, 3.05) is 7.05 Å². The largest absolute Gasteiger partial charge is 0.313 e. The standard InChI is InChI=1S/C16H34N2/c1-5-7-9-11-13-16(15(3)18-17-4)14-12-10-8-6-2/h16-17H,5-14H2,1-4H3/b18-15+. The number of nitrogens with zero attached hydrogens (tertiary/aromatic N) is 1. The second kappa shape index (κ2) is 12.9. The molecule has 0 heterocycles. The van der Waals surface area contributed by atoms with Gasteiger partial charge in [0.15, 0.2) is 0 Å². The van der Waals surface area contributed by atoms with Gasteiger partial charge in [0, 0.05) is 12.8 Å². The quantitative estimate of drug-likeness (QED) is 0.291. The molecule has 0 unspecified atom stereocenters. The molecule has 0 aromatic heterocycles. The Hall–Kier alpha value is -0.530. The highest BCUT2D eigenvalue weighted by Gasteiger charge is 2.11. The van der Waals surface area contributed by atoms with Crippen LogP contribution in [0.15, 0.2) is 5.10 Å². The molecule has 0 spiro atoms. The molecule has 2 heteroatoms. The first-order valence-electron chi connectivity index (χ1n) is 7.97. The summed E-state index contributed by atoms with van der Waals surface area (Å²) in [6, 6.07) is 0. The van der Waals surface area contributed by atoms with Gasteiger partial charge in [0.05, 0.1) is 0 Å². The molecule has 1 N–H and O–H groups in total. The molecule has 0 radical (unpaired) electrons. The summed E-state index contributed by atoms with van der Waals surface area (Å²) in [5, 5.41) is 4.39. The fourth-order valence-electron chi connectivity index (χ4n) is 2.46. The molecule has 0 aliphatic heterocycles. The molecule has 0 aromatic rings. The Morgan fingerprint density at radius 3 is 1.78 bits per heavy atom. The van der Waals surface area contributed by atoms with Crippen molar-refractivity contribution in [3.63, 3.8) is 0 Å². The van der Waals surface area contributed by atoms with Crippen molar-refractivity contribution < 1.29 is 0 Å². The van der Waals surface area contributed by atoms with E-state index in [1.54, 1.807) is 0 Å². The zero-order valence-corrected chi connectivity index (χ0v) is 13.1. The van der Waals surface area contributed by atoms with Gasteiger partial charge < -0.3 is 5.43 Å². The van der Waals surface area contributed by atoms with Gasteiger partial charge >= 0.3 is 0 Å². The highest BCUT2D eigenvalue weighted by atomic mass is 15.3. The fourth-order valence-corrected chi connectivity index (χ4v) is 2.46. The highest BCUT2D eigenvalue weighted by Crippen LogP contribution is 2.19. The van der Waals surface area contributed by atoms with E-state index in [0.717, 1.165) is 0 Å². The van der Waals surface area contributed by atoms with Gasteiger partial charge in [-0.2, -0.15) is 5.10 Å². The van der Waals surface area contributed by atoms with Crippen LogP contribution in [0.1, 0.15) is 85.0 Å². The summed E-state index contributed by atoms with van der Waals surface area (Å²) < 4.78 is 0. The molecule has 18 heavy (non-hydrogen) atoms. The summed E-state index contributed by atoms with van der Waals surface area (Å²) in [4.78, 5) is 0. The van der Waals surface area contributed by atoms with E-state index in [4.69, 9.17) is 0 Å². The van der Waals surface area contributed by atoms with Crippen LogP contribution in [-0.4, -0.2) is 12.8 Å². The van der Waals surface area contributed by atoms with Crippen LogP contribution in [0.3, 0.4) is 0 Å². The molecule has 0 atom stereocenters. The Balaban J connectivity index is 3.96. The van der Waals surface area contributed by atoms with Crippen molar-refractivity contribution in [3.8, 4) is 0 Å². The summed E-state index contributed by atoms with van der Waals surface area (Å²) in [6.07, 6.45) is 13.5. The zero-order chi connectivity index (χ0) is 13.6. The van der Waals surface area contributed by atoms with Gasteiger partial charge in [0.1, 0.15) is 0 Å². The Kier molecular flexibility index (Phi) is 12.5. The average Bonchev–Trinajstić information content (AvgIpc) is 2.37. The van der Waals surface area contributed by atoms with E-state index in [1.807, 2.05) is 7.05 Å². The average molecular weight is 254 g/mol. The van der Waals surface area contributed by atoms with Gasteiger partial charge in [-0.15, -0.1) is 0 Å². The molecule has 0 amide bonds. The van der Waals surface area contributed by atoms with Crippen LogP contribution in [0.4, 0.5) is 0 Å². The van der Waals surface area contributed by atoms with Gasteiger partial charge in [0.2, 0.25) is 0 Å². The maximum absolute atomic E-state index is 4.39. The van der Waals surface area contributed by atoms with Crippen LogP contribution in [-0.2, 0) is 0 Å². The Bertz CT molecular complexity index is 187. The maximum Gasteiger partial charge on any atom is 0.0378 e. The van der Waals surface area contributed by atoms with Crippen molar-refractivity contribution in [2.24, 2.45) is 11.0 Å². The van der Waals surface area contributed by atoms with Crippen molar-refractivity contribution in [2.45, 2.75) is 85.0 Å². The molecule has 0 rings (SSSR count). The molecule has 0 bridgehead atoms. The lowest BCUT2D eigenvalue weighted by atomic mass is 9.91. The minimum Gasteiger partial charge on any atom is -0.313 e. The molecule has 0 aliphatic carbocycles. The first-order chi connectivity index (χ1) is 8.76. The summed E-state index contributed by atoms with van der Waals surface area (Å²) in [7, 11) is 1.90. The van der Waals surface area contributed by atoms with Crippen LogP contribution < -0.4 is 5.43 Å². The molecular formula is C16H34N2. The SMILES string of the molecule is CCCCCCC(CCCCCC)/C(C)=N/NC. The molecule has 0 aliphatic rings. The van der Waals surface area contributed by atoms with Crippen LogP contribution in [0, 0.1) is 5.92 Å². The lowest BCUT2D eigenvalue weighted by molar-refractivity contribution is 0.490. The second-order valence-electron chi connectivity index (χ2n) is 5.37. The monoisotopic (exact) mass is 254 g/mol. The molecule has 108 valence electrons. The van der Waals surface area contributed by atoms with Crippen LogP contribution in [0.25, 0.3) is 0 Å². The summed E-state index contributed by atoms with van der Waals surface area (Å²) in [6.45, 7) is 6.73. The lowest BCUT2D eigenvalue weighted by Crippen LogP contribution is -2.14. The molecule has 0 saturated heterocycles. The molecule has 0 fully saturated rings. The summed E-state index contributed by atoms with van der Waals surface area (Å²) in [5.74, 6) is 0.700. The molecule has 0 aromatic carbocycles. The van der Waals surface area contributed by atoms with Gasteiger partial charge in [-0.25, -0.2) is 0 Å². The summed E-state index contributed by atoms with van der Waals surface area (Å²) in [5.41, 5.74) is 4.24. The van der Waals surface area contributed by atoms with E-state index in [9.17, 15) is 0 Å². The van der Waals surface area contributed by atoms with Crippen LogP contribution in [0.2, 0.25) is 0 Å². The van der Waals surface area contributed by atoms with Gasteiger partial charge in [-0.3, -0.25) is 0 Å². The van der Waals surface area contributed by atoms with E-state index < -0.39 is 0 Å². The van der Waals surface area contributed by atoms with Gasteiger partial charge in [-0.1, -0.05) is 65.2 Å². The van der Waals surface area contributed by atoms with E-state index in [1.165, 1.54) is 69.9 Å². The predicted octanol–water partition coefficient (Wildman–Crippen LogP) is 5.14.